The molecule has 1 amide bonds. The molecule has 0 spiro atoms. The molecule has 1 unspecified atom stereocenters. The van der Waals surface area contributed by atoms with Crippen LogP contribution >= 0.6 is 27.5 Å². The molecule has 0 aliphatic carbocycles. The van der Waals surface area contributed by atoms with Crippen LogP contribution in [0, 0.1) is 0 Å². The molecule has 38 heavy (non-hydrogen) atoms. The number of hydrogen-bond donors (Lipinski definition) is 0. The lowest BCUT2D eigenvalue weighted by atomic mass is 10.3. The smallest absolute Gasteiger partial charge is 0.287 e. The van der Waals surface area contributed by atoms with Crippen LogP contribution in [0.1, 0.15) is 13.3 Å². The normalized spacial score (nSPS) is 15.0. The number of anilines is 1. The lowest BCUT2D eigenvalue weighted by Crippen LogP contribution is -2.49. The Bertz CT molecular complexity index is 1110. The summed E-state index contributed by atoms with van der Waals surface area (Å²) >= 11 is 9.16. The van der Waals surface area contributed by atoms with Crippen molar-refractivity contribution >= 4 is 47.5 Å². The van der Waals surface area contributed by atoms with Gasteiger partial charge in [-0.1, -0.05) is 31.2 Å². The molecule has 3 heterocycles. The van der Waals surface area contributed by atoms with Crippen LogP contribution in [0.15, 0.2) is 27.9 Å². The van der Waals surface area contributed by atoms with Crippen LogP contribution in [-0.2, 0) is 21.0 Å². The van der Waals surface area contributed by atoms with E-state index in [0.717, 1.165) is 6.04 Å². The number of hydrogen-bond acceptors (Lipinski definition) is 9. The summed E-state index contributed by atoms with van der Waals surface area (Å²) in [7, 11) is -1.20. The minimum absolute atomic E-state index is 0.0397. The van der Waals surface area contributed by atoms with Gasteiger partial charge in [-0.25, -0.2) is 14.6 Å². The van der Waals surface area contributed by atoms with E-state index in [1.165, 1.54) is 10.9 Å². The summed E-state index contributed by atoms with van der Waals surface area (Å²) in [5, 5.41) is 4.65. The molecule has 1 aliphatic heterocycles. The Morgan fingerprint density at radius 3 is 2.45 bits per heavy atom. The van der Waals surface area contributed by atoms with Crippen molar-refractivity contribution in [3.05, 3.63) is 38.4 Å². The third kappa shape index (κ3) is 9.60. The number of rotatable bonds is 13. The van der Waals surface area contributed by atoms with Crippen molar-refractivity contribution in [2.75, 3.05) is 50.9 Å². The number of carbonyl (C=O) groups is 1. The summed E-state index contributed by atoms with van der Waals surface area (Å²) in [6.45, 7) is 12.4. The molecular weight excluding hydrogens is 596 g/mol. The fourth-order valence-corrected chi connectivity index (χ4v) is 4.85. The first-order valence-electron chi connectivity index (χ1n) is 12.6. The van der Waals surface area contributed by atoms with Crippen LogP contribution in [-0.4, -0.2) is 90.7 Å². The Kier molecular flexibility index (Phi) is 11.5. The summed E-state index contributed by atoms with van der Waals surface area (Å²) in [5.74, 6) is 0.990. The van der Waals surface area contributed by atoms with Gasteiger partial charge in [0.05, 0.1) is 43.2 Å². The average Bonchev–Trinajstić information content (AvgIpc) is 2.88. The first-order chi connectivity index (χ1) is 18.0. The van der Waals surface area contributed by atoms with Gasteiger partial charge in [-0.05, 0) is 28.9 Å². The van der Waals surface area contributed by atoms with E-state index in [1.54, 1.807) is 12.4 Å². The largest absolute Gasteiger partial charge is 0.485 e. The van der Waals surface area contributed by atoms with Crippen LogP contribution in [0.4, 0.5) is 5.95 Å². The molecule has 210 valence electrons. The molecule has 1 fully saturated rings. The number of ether oxygens (including phenoxy) is 3. The topological polar surface area (TPSA) is 112 Å². The van der Waals surface area contributed by atoms with Crippen LogP contribution in [0.2, 0.25) is 30.7 Å². The zero-order chi connectivity index (χ0) is 27.7. The van der Waals surface area contributed by atoms with Gasteiger partial charge in [0.1, 0.15) is 17.3 Å². The Labute approximate surface area is 237 Å². The predicted octanol–water partition coefficient (Wildman–Crippen LogP) is 3.28. The zero-order valence-corrected chi connectivity index (χ0v) is 25.7. The number of aromatic nitrogens is 4. The maximum Gasteiger partial charge on any atom is 0.287 e. The first kappa shape index (κ1) is 30.5. The standard InChI is InChI=1S/C24H36BrClN6O5Si/c1-18(37-20-15-29-32(23(34)22(20)25)17-36-11-12-38(2,3)4)16-35-10-5-21(33)30-6-8-31(9-7-30)24-27-13-19(26)14-28-24/h13-15,18H,5-12,16-17H2,1-4H3. The fraction of sp³-hybridized carbons (Fsp3) is 0.625. The van der Waals surface area contributed by atoms with Crippen molar-refractivity contribution < 1.29 is 19.0 Å². The highest BCUT2D eigenvalue weighted by Gasteiger charge is 2.22. The maximum absolute atomic E-state index is 12.6. The molecule has 0 aromatic carbocycles. The lowest BCUT2D eigenvalue weighted by molar-refractivity contribution is -0.132. The molecule has 1 saturated heterocycles. The van der Waals surface area contributed by atoms with E-state index < -0.39 is 8.07 Å². The van der Waals surface area contributed by atoms with E-state index in [9.17, 15) is 9.59 Å². The average molecular weight is 632 g/mol. The van der Waals surface area contributed by atoms with Gasteiger partial charge in [0.25, 0.3) is 5.56 Å². The van der Waals surface area contributed by atoms with Crippen molar-refractivity contribution in [1.29, 1.82) is 0 Å². The van der Waals surface area contributed by atoms with Crippen molar-refractivity contribution in [2.24, 2.45) is 0 Å². The van der Waals surface area contributed by atoms with Gasteiger partial charge in [-0.15, -0.1) is 0 Å². The van der Waals surface area contributed by atoms with Gasteiger partial charge in [-0.2, -0.15) is 5.10 Å². The third-order valence-corrected chi connectivity index (χ3v) is 8.46. The number of amides is 1. The molecule has 1 atom stereocenters. The monoisotopic (exact) mass is 630 g/mol. The van der Waals surface area contributed by atoms with Crippen LogP contribution in [0.3, 0.4) is 0 Å². The molecule has 0 bridgehead atoms. The highest BCUT2D eigenvalue weighted by atomic mass is 79.9. The maximum atomic E-state index is 12.6. The minimum atomic E-state index is -1.20. The molecule has 2 aromatic rings. The Hall–Kier alpha value is -2.06. The van der Waals surface area contributed by atoms with E-state index in [4.69, 9.17) is 25.8 Å². The van der Waals surface area contributed by atoms with Crippen molar-refractivity contribution in [3.63, 3.8) is 0 Å². The van der Waals surface area contributed by atoms with E-state index in [0.29, 0.717) is 49.5 Å². The molecule has 0 radical (unpaired) electrons. The molecule has 3 rings (SSSR count). The summed E-state index contributed by atoms with van der Waals surface area (Å²) < 4.78 is 18.7. The van der Waals surface area contributed by atoms with Crippen LogP contribution in [0.5, 0.6) is 5.75 Å². The second-order valence-corrected chi connectivity index (χ2v) is 17.1. The molecule has 14 heteroatoms. The Morgan fingerprint density at radius 2 is 1.79 bits per heavy atom. The summed E-state index contributed by atoms with van der Waals surface area (Å²) in [6, 6.07) is 1.02. The number of piperazine rings is 1. The van der Waals surface area contributed by atoms with Gasteiger partial charge in [0.15, 0.2) is 5.75 Å². The molecule has 1 aliphatic rings. The highest BCUT2D eigenvalue weighted by Crippen LogP contribution is 2.20. The lowest BCUT2D eigenvalue weighted by Gasteiger charge is -2.34. The molecule has 0 saturated carbocycles. The van der Waals surface area contributed by atoms with Crippen LogP contribution in [0.25, 0.3) is 0 Å². The van der Waals surface area contributed by atoms with E-state index in [-0.39, 0.29) is 48.4 Å². The summed E-state index contributed by atoms with van der Waals surface area (Å²) in [5.41, 5.74) is -0.322. The van der Waals surface area contributed by atoms with E-state index in [2.05, 4.69) is 50.6 Å². The van der Waals surface area contributed by atoms with Crippen molar-refractivity contribution in [3.8, 4) is 5.75 Å². The van der Waals surface area contributed by atoms with Crippen molar-refractivity contribution in [2.45, 2.75) is 51.9 Å². The molecule has 0 N–H and O–H groups in total. The predicted molar refractivity (Wildman–Crippen MR) is 152 cm³/mol. The SMILES string of the molecule is CC(COCCC(=O)N1CCN(c2ncc(Cl)cn2)CC1)Oc1cnn(COCC[Si](C)(C)C)c(=O)c1Br. The third-order valence-electron chi connectivity index (χ3n) is 5.83. The first-order valence-corrected chi connectivity index (χ1v) is 17.5. The molecule has 2 aromatic heterocycles. The second kappa shape index (κ2) is 14.4. The Balaban J connectivity index is 1.35. The Morgan fingerprint density at radius 1 is 1.11 bits per heavy atom. The number of nitrogens with zero attached hydrogens (tertiary/aromatic N) is 6. The van der Waals surface area contributed by atoms with Gasteiger partial charge < -0.3 is 24.0 Å². The quantitative estimate of drug-likeness (QED) is 0.243. The van der Waals surface area contributed by atoms with E-state index in [1.807, 2.05) is 16.7 Å². The summed E-state index contributed by atoms with van der Waals surface area (Å²) in [4.78, 5) is 37.5. The number of halogens is 2. The van der Waals surface area contributed by atoms with E-state index >= 15 is 0 Å². The van der Waals surface area contributed by atoms with Crippen LogP contribution < -0.4 is 15.2 Å². The van der Waals surface area contributed by atoms with Gasteiger partial charge >= 0.3 is 0 Å². The van der Waals surface area contributed by atoms with Gasteiger partial charge in [0, 0.05) is 40.9 Å². The van der Waals surface area contributed by atoms with Gasteiger partial charge in [-0.3, -0.25) is 9.59 Å². The zero-order valence-electron chi connectivity index (χ0n) is 22.4. The fourth-order valence-electron chi connectivity index (χ4n) is 3.60. The highest BCUT2D eigenvalue weighted by molar-refractivity contribution is 9.10. The summed E-state index contributed by atoms with van der Waals surface area (Å²) in [6.07, 6.45) is 4.57. The molecule has 11 nitrogen and oxygen atoms in total. The van der Waals surface area contributed by atoms with Crippen molar-refractivity contribution in [1.82, 2.24) is 24.6 Å². The minimum Gasteiger partial charge on any atom is -0.485 e. The second-order valence-electron chi connectivity index (χ2n) is 10.3. The molecular formula is C24H36BrClN6O5Si. The van der Waals surface area contributed by atoms with Gasteiger partial charge in [0.2, 0.25) is 11.9 Å². The number of carbonyl (C=O) groups excluding carboxylic acids is 1.